The number of hydrogen-bond donors (Lipinski definition) is 2. The van der Waals surface area contributed by atoms with Gasteiger partial charge in [0.15, 0.2) is 0 Å². The van der Waals surface area contributed by atoms with Crippen LogP contribution in [0.5, 0.6) is 0 Å². The molecule has 0 aliphatic rings. The highest BCUT2D eigenvalue weighted by Gasteiger charge is 2.15. The molecular formula is C14H30ClN3O2. The Morgan fingerprint density at radius 2 is 1.60 bits per heavy atom. The van der Waals surface area contributed by atoms with Crippen molar-refractivity contribution in [2.24, 2.45) is 5.73 Å². The van der Waals surface area contributed by atoms with E-state index in [0.29, 0.717) is 6.54 Å². The van der Waals surface area contributed by atoms with E-state index >= 15 is 0 Å². The second-order valence-corrected chi connectivity index (χ2v) is 5.65. The molecule has 3 N–H and O–H groups in total. The first kappa shape index (κ1) is 21.5. The van der Waals surface area contributed by atoms with Crippen molar-refractivity contribution in [3.05, 3.63) is 0 Å². The first-order chi connectivity index (χ1) is 8.80. The minimum Gasteiger partial charge on any atom is -0.354 e. The smallest absolute Gasteiger partial charge is 0.223 e. The molecule has 0 atom stereocenters. The Kier molecular flexibility index (Phi) is 11.7. The lowest BCUT2D eigenvalue weighted by atomic mass is 10.1. The van der Waals surface area contributed by atoms with Crippen LogP contribution in [0.25, 0.3) is 0 Å². The molecule has 0 spiro atoms. The lowest BCUT2D eigenvalue weighted by molar-refractivity contribution is -0.133. The lowest BCUT2D eigenvalue weighted by Crippen LogP contribution is -2.45. The van der Waals surface area contributed by atoms with Gasteiger partial charge in [0.2, 0.25) is 11.8 Å². The maximum absolute atomic E-state index is 11.9. The van der Waals surface area contributed by atoms with Crippen molar-refractivity contribution in [3.63, 3.8) is 0 Å². The molecule has 0 rings (SSSR count). The summed E-state index contributed by atoms with van der Waals surface area (Å²) in [4.78, 5) is 25.4. The van der Waals surface area contributed by atoms with Crippen LogP contribution in [0.3, 0.4) is 0 Å². The maximum Gasteiger partial charge on any atom is 0.223 e. The normalized spacial score (nSPS) is 10.7. The molecule has 0 saturated heterocycles. The molecule has 5 nitrogen and oxygen atoms in total. The molecule has 0 fully saturated rings. The summed E-state index contributed by atoms with van der Waals surface area (Å²) < 4.78 is 0. The molecule has 0 saturated carbocycles. The Bertz CT molecular complexity index is 285. The van der Waals surface area contributed by atoms with Gasteiger partial charge in [-0.15, -0.1) is 12.4 Å². The SMILES string of the molecule is CCCN(CCC)C(=O)CCC(=O)NCC(C)(C)N.Cl. The number of halogens is 1. The number of nitrogens with zero attached hydrogens (tertiary/aromatic N) is 1. The van der Waals surface area contributed by atoms with E-state index in [0.717, 1.165) is 25.9 Å². The standard InChI is InChI=1S/C14H29N3O2.ClH/c1-5-9-17(10-6-2)13(19)8-7-12(18)16-11-14(3,4)15;/h5-11,15H2,1-4H3,(H,16,18);1H. The molecule has 0 bridgehead atoms. The van der Waals surface area contributed by atoms with Crippen molar-refractivity contribution in [1.82, 2.24) is 10.2 Å². The summed E-state index contributed by atoms with van der Waals surface area (Å²) in [7, 11) is 0. The van der Waals surface area contributed by atoms with Gasteiger partial charge in [-0.25, -0.2) is 0 Å². The molecule has 0 aromatic rings. The minimum absolute atomic E-state index is 0. The van der Waals surface area contributed by atoms with Crippen LogP contribution in [0.2, 0.25) is 0 Å². The first-order valence-corrected chi connectivity index (χ1v) is 7.13. The van der Waals surface area contributed by atoms with Crippen molar-refractivity contribution < 1.29 is 9.59 Å². The van der Waals surface area contributed by atoms with Crippen LogP contribution in [0, 0.1) is 0 Å². The van der Waals surface area contributed by atoms with E-state index in [2.05, 4.69) is 5.32 Å². The van der Waals surface area contributed by atoms with Crippen molar-refractivity contribution >= 4 is 24.2 Å². The van der Waals surface area contributed by atoms with E-state index in [1.807, 2.05) is 32.6 Å². The highest BCUT2D eigenvalue weighted by Crippen LogP contribution is 2.02. The molecular weight excluding hydrogens is 278 g/mol. The van der Waals surface area contributed by atoms with Crippen molar-refractivity contribution in [2.45, 2.75) is 58.9 Å². The van der Waals surface area contributed by atoms with Gasteiger partial charge < -0.3 is 16.0 Å². The second-order valence-electron chi connectivity index (χ2n) is 5.65. The minimum atomic E-state index is -0.421. The number of nitrogens with one attached hydrogen (secondary N) is 1. The average molecular weight is 308 g/mol. The third-order valence-corrected chi connectivity index (χ3v) is 2.65. The van der Waals surface area contributed by atoms with Crippen LogP contribution < -0.4 is 11.1 Å². The highest BCUT2D eigenvalue weighted by atomic mass is 35.5. The monoisotopic (exact) mass is 307 g/mol. The maximum atomic E-state index is 11.9. The number of nitrogens with two attached hydrogens (primary N) is 1. The van der Waals surface area contributed by atoms with Gasteiger partial charge in [-0.3, -0.25) is 9.59 Å². The fourth-order valence-corrected chi connectivity index (χ4v) is 1.69. The molecule has 0 aromatic carbocycles. The largest absolute Gasteiger partial charge is 0.354 e. The molecule has 20 heavy (non-hydrogen) atoms. The van der Waals surface area contributed by atoms with Crippen molar-refractivity contribution in [2.75, 3.05) is 19.6 Å². The molecule has 0 aliphatic carbocycles. The molecule has 0 unspecified atom stereocenters. The van der Waals surface area contributed by atoms with E-state index in [9.17, 15) is 9.59 Å². The van der Waals surface area contributed by atoms with Crippen LogP contribution in [0.4, 0.5) is 0 Å². The third kappa shape index (κ3) is 11.1. The van der Waals surface area contributed by atoms with Gasteiger partial charge in [0.25, 0.3) is 0 Å². The van der Waals surface area contributed by atoms with Gasteiger partial charge in [-0.05, 0) is 26.7 Å². The lowest BCUT2D eigenvalue weighted by Gasteiger charge is -2.22. The number of carbonyl (C=O) groups excluding carboxylic acids is 2. The Balaban J connectivity index is 0. The predicted octanol–water partition coefficient (Wildman–Crippen LogP) is 1.69. The Hall–Kier alpha value is -0.810. The van der Waals surface area contributed by atoms with E-state index in [1.54, 1.807) is 0 Å². The number of amides is 2. The van der Waals surface area contributed by atoms with Gasteiger partial charge in [-0.2, -0.15) is 0 Å². The van der Waals surface area contributed by atoms with Gasteiger partial charge in [0.1, 0.15) is 0 Å². The van der Waals surface area contributed by atoms with Gasteiger partial charge >= 0.3 is 0 Å². The number of hydrogen-bond acceptors (Lipinski definition) is 3. The van der Waals surface area contributed by atoms with Crippen LogP contribution in [-0.2, 0) is 9.59 Å². The quantitative estimate of drug-likeness (QED) is 0.680. The fraction of sp³-hybridized carbons (Fsp3) is 0.857. The first-order valence-electron chi connectivity index (χ1n) is 7.13. The Morgan fingerprint density at radius 3 is 2.00 bits per heavy atom. The third-order valence-electron chi connectivity index (χ3n) is 2.65. The second kappa shape index (κ2) is 10.9. The molecule has 120 valence electrons. The summed E-state index contributed by atoms with van der Waals surface area (Å²) in [5, 5.41) is 2.75. The van der Waals surface area contributed by atoms with Gasteiger partial charge in [0.05, 0.1) is 0 Å². The summed E-state index contributed by atoms with van der Waals surface area (Å²) >= 11 is 0. The zero-order chi connectivity index (χ0) is 14.9. The summed E-state index contributed by atoms with van der Waals surface area (Å²) in [6.07, 6.45) is 2.40. The predicted molar refractivity (Wildman–Crippen MR) is 84.9 cm³/mol. The van der Waals surface area contributed by atoms with Crippen molar-refractivity contribution in [3.8, 4) is 0 Å². The van der Waals surface area contributed by atoms with E-state index in [4.69, 9.17) is 5.73 Å². The summed E-state index contributed by atoms with van der Waals surface area (Å²) in [6.45, 7) is 9.76. The fourth-order valence-electron chi connectivity index (χ4n) is 1.69. The Morgan fingerprint density at radius 1 is 1.10 bits per heavy atom. The Labute approximate surface area is 129 Å². The molecule has 2 amide bonds. The van der Waals surface area contributed by atoms with Crippen LogP contribution >= 0.6 is 12.4 Å². The van der Waals surface area contributed by atoms with E-state index in [1.165, 1.54) is 0 Å². The van der Waals surface area contributed by atoms with Gasteiger partial charge in [0, 0.05) is 38.0 Å². The van der Waals surface area contributed by atoms with Gasteiger partial charge in [-0.1, -0.05) is 13.8 Å². The van der Waals surface area contributed by atoms with Crippen LogP contribution in [-0.4, -0.2) is 41.9 Å². The zero-order valence-electron chi connectivity index (χ0n) is 13.2. The zero-order valence-corrected chi connectivity index (χ0v) is 14.0. The molecule has 0 heterocycles. The average Bonchev–Trinajstić information content (AvgIpc) is 2.32. The van der Waals surface area contributed by atoms with E-state index < -0.39 is 5.54 Å². The highest BCUT2D eigenvalue weighted by molar-refractivity contribution is 5.85. The van der Waals surface area contributed by atoms with Crippen molar-refractivity contribution in [1.29, 1.82) is 0 Å². The van der Waals surface area contributed by atoms with E-state index in [-0.39, 0.29) is 37.1 Å². The molecule has 0 radical (unpaired) electrons. The summed E-state index contributed by atoms with van der Waals surface area (Å²) in [5.74, 6) is -0.0503. The number of carbonyl (C=O) groups is 2. The number of rotatable bonds is 9. The summed E-state index contributed by atoms with van der Waals surface area (Å²) in [6, 6.07) is 0. The van der Waals surface area contributed by atoms with Crippen LogP contribution in [0.15, 0.2) is 0 Å². The summed E-state index contributed by atoms with van der Waals surface area (Å²) in [5.41, 5.74) is 5.36. The van der Waals surface area contributed by atoms with Crippen LogP contribution in [0.1, 0.15) is 53.4 Å². The topological polar surface area (TPSA) is 75.4 Å². The molecule has 0 aliphatic heterocycles. The molecule has 6 heteroatoms. The molecule has 0 aromatic heterocycles.